The highest BCUT2D eigenvalue weighted by Crippen LogP contribution is 2.37. The van der Waals surface area contributed by atoms with E-state index in [9.17, 15) is 14.4 Å². The van der Waals surface area contributed by atoms with E-state index in [1.807, 2.05) is 0 Å². The van der Waals surface area contributed by atoms with Crippen LogP contribution in [0, 0.1) is 5.41 Å². The number of amides is 1. The van der Waals surface area contributed by atoms with Gasteiger partial charge in [0.2, 0.25) is 0 Å². The van der Waals surface area contributed by atoms with Crippen molar-refractivity contribution in [2.24, 2.45) is 5.41 Å². The minimum Gasteiger partial charge on any atom is -0.466 e. The van der Waals surface area contributed by atoms with E-state index in [1.54, 1.807) is 18.7 Å². The maximum absolute atomic E-state index is 12.7. The van der Waals surface area contributed by atoms with Crippen molar-refractivity contribution in [3.63, 3.8) is 0 Å². The highest BCUT2D eigenvalue weighted by atomic mass is 16.6. The number of rotatable bonds is 10. The lowest BCUT2D eigenvalue weighted by molar-refractivity contribution is -0.165. The van der Waals surface area contributed by atoms with E-state index >= 15 is 0 Å². The first-order valence-electron chi connectivity index (χ1n) is 12.3. The molecule has 1 amide bonds. The summed E-state index contributed by atoms with van der Waals surface area (Å²) in [4.78, 5) is 45.9. The molecule has 0 bridgehead atoms. The van der Waals surface area contributed by atoms with Crippen LogP contribution in [0.3, 0.4) is 0 Å². The lowest BCUT2D eigenvalue weighted by Gasteiger charge is -2.39. The molecule has 10 heteroatoms. The van der Waals surface area contributed by atoms with E-state index in [4.69, 9.17) is 14.2 Å². The number of nitrogens with zero attached hydrogens (tertiary/aromatic N) is 4. The fourth-order valence-electron chi connectivity index (χ4n) is 4.86. The van der Waals surface area contributed by atoms with Crippen LogP contribution in [-0.4, -0.2) is 129 Å². The Morgan fingerprint density at radius 3 is 2.27 bits per heavy atom. The van der Waals surface area contributed by atoms with Gasteiger partial charge in [0.05, 0.1) is 31.6 Å². The van der Waals surface area contributed by atoms with Crippen LogP contribution in [-0.2, 0) is 23.8 Å². The number of likely N-dealkylation sites (tertiary alicyclic amines) is 1. The first kappa shape index (κ1) is 25.7. The van der Waals surface area contributed by atoms with Gasteiger partial charge in [-0.2, -0.15) is 0 Å². The van der Waals surface area contributed by atoms with E-state index in [2.05, 4.69) is 21.7 Å². The van der Waals surface area contributed by atoms with E-state index in [0.717, 1.165) is 32.7 Å². The number of carbonyl (C=O) groups excluding carboxylic acids is 3. The Kier molecular flexibility index (Phi) is 9.34. The van der Waals surface area contributed by atoms with Crippen molar-refractivity contribution in [1.82, 2.24) is 19.6 Å². The monoisotopic (exact) mass is 468 g/mol. The van der Waals surface area contributed by atoms with Crippen LogP contribution in [0.15, 0.2) is 0 Å². The fraction of sp³-hybridized carbons (Fsp3) is 0.870. The number of hydrogen-bond donors (Lipinski definition) is 0. The molecule has 10 nitrogen and oxygen atoms in total. The van der Waals surface area contributed by atoms with Crippen molar-refractivity contribution in [3.05, 3.63) is 0 Å². The predicted molar refractivity (Wildman–Crippen MR) is 122 cm³/mol. The Morgan fingerprint density at radius 2 is 1.64 bits per heavy atom. The van der Waals surface area contributed by atoms with Gasteiger partial charge >= 0.3 is 18.0 Å². The van der Waals surface area contributed by atoms with E-state index in [0.29, 0.717) is 52.2 Å². The number of piperazine rings is 1. The topological polar surface area (TPSA) is 91.9 Å². The van der Waals surface area contributed by atoms with E-state index in [-0.39, 0.29) is 37.2 Å². The molecule has 3 heterocycles. The number of esters is 2. The summed E-state index contributed by atoms with van der Waals surface area (Å²) in [5.74, 6) is -0.681. The van der Waals surface area contributed by atoms with Gasteiger partial charge in [-0.1, -0.05) is 0 Å². The molecule has 0 radical (unpaired) electrons. The van der Waals surface area contributed by atoms with Crippen molar-refractivity contribution in [2.75, 3.05) is 85.7 Å². The van der Waals surface area contributed by atoms with Crippen LogP contribution in [0.1, 0.15) is 33.1 Å². The molecule has 3 aliphatic heterocycles. The van der Waals surface area contributed by atoms with Crippen molar-refractivity contribution < 1.29 is 28.6 Å². The van der Waals surface area contributed by atoms with Crippen molar-refractivity contribution in [3.8, 4) is 0 Å². The minimum atomic E-state index is -0.834. The molecular formula is C23H40N4O6. The SMILES string of the molecule is CCOC(=O)CC1(C(=O)OCC)CCN(CC2CN(CCN3CCN(C)CC3)C(=O)O2)CC1. The number of cyclic esters (lactones) is 1. The summed E-state index contributed by atoms with van der Waals surface area (Å²) in [5.41, 5.74) is -0.834. The molecule has 3 rings (SSSR count). The molecule has 0 aromatic carbocycles. The molecule has 0 aromatic rings. The van der Waals surface area contributed by atoms with Gasteiger partial charge in [-0.3, -0.25) is 19.4 Å². The molecule has 0 saturated carbocycles. The number of likely N-dealkylation sites (N-methyl/N-ethyl adjacent to an activating group) is 1. The molecule has 3 aliphatic rings. The number of piperidine rings is 1. The van der Waals surface area contributed by atoms with Gasteiger partial charge in [0, 0.05) is 45.8 Å². The second-order valence-corrected chi connectivity index (χ2v) is 9.38. The van der Waals surface area contributed by atoms with Crippen LogP contribution < -0.4 is 0 Å². The summed E-state index contributed by atoms with van der Waals surface area (Å²) in [5, 5.41) is 0. The molecule has 0 aliphatic carbocycles. The van der Waals surface area contributed by atoms with Crippen LogP contribution in [0.2, 0.25) is 0 Å². The lowest BCUT2D eigenvalue weighted by Crippen LogP contribution is -2.48. The molecule has 0 aromatic heterocycles. The van der Waals surface area contributed by atoms with Crippen LogP contribution in [0.4, 0.5) is 4.79 Å². The van der Waals surface area contributed by atoms with Gasteiger partial charge in [-0.25, -0.2) is 4.79 Å². The maximum Gasteiger partial charge on any atom is 0.410 e. The molecule has 0 spiro atoms. The zero-order valence-electron chi connectivity index (χ0n) is 20.4. The molecule has 1 unspecified atom stereocenters. The molecule has 1 atom stereocenters. The lowest BCUT2D eigenvalue weighted by atomic mass is 9.75. The van der Waals surface area contributed by atoms with Crippen molar-refractivity contribution in [2.45, 2.75) is 39.2 Å². The zero-order valence-corrected chi connectivity index (χ0v) is 20.4. The van der Waals surface area contributed by atoms with Crippen LogP contribution in [0.25, 0.3) is 0 Å². The maximum atomic E-state index is 12.7. The first-order chi connectivity index (χ1) is 15.8. The Morgan fingerprint density at radius 1 is 0.970 bits per heavy atom. The summed E-state index contributed by atoms with van der Waals surface area (Å²) in [7, 11) is 2.13. The standard InChI is InChI=1S/C23H40N4O6/c1-4-31-20(28)16-23(21(29)32-5-2)6-8-26(9-7-23)17-19-18-27(22(30)33-19)15-14-25-12-10-24(3)11-13-25/h19H,4-18H2,1-3H3. The second kappa shape index (κ2) is 12.0. The Hall–Kier alpha value is -1.91. The summed E-state index contributed by atoms with van der Waals surface area (Å²) in [6.45, 7) is 12.4. The third-order valence-electron chi connectivity index (χ3n) is 7.00. The Labute approximate surface area is 197 Å². The molecule has 3 fully saturated rings. The van der Waals surface area contributed by atoms with E-state index < -0.39 is 5.41 Å². The molecular weight excluding hydrogens is 428 g/mol. The van der Waals surface area contributed by atoms with Gasteiger partial charge in [-0.05, 0) is 46.8 Å². The van der Waals surface area contributed by atoms with Gasteiger partial charge in [0.25, 0.3) is 0 Å². The molecule has 188 valence electrons. The summed E-state index contributed by atoms with van der Waals surface area (Å²) in [6.07, 6.45) is 0.683. The third kappa shape index (κ3) is 7.04. The van der Waals surface area contributed by atoms with Crippen LogP contribution >= 0.6 is 0 Å². The smallest absolute Gasteiger partial charge is 0.410 e. The average Bonchev–Trinajstić information content (AvgIpc) is 3.14. The summed E-state index contributed by atoms with van der Waals surface area (Å²) >= 11 is 0. The summed E-state index contributed by atoms with van der Waals surface area (Å²) in [6, 6.07) is 0. The number of carbonyl (C=O) groups is 3. The Balaban J connectivity index is 1.45. The van der Waals surface area contributed by atoms with Gasteiger partial charge in [0.1, 0.15) is 6.10 Å². The number of hydrogen-bond acceptors (Lipinski definition) is 9. The van der Waals surface area contributed by atoms with Gasteiger partial charge in [0.15, 0.2) is 0 Å². The average molecular weight is 469 g/mol. The number of ether oxygens (including phenoxy) is 3. The van der Waals surface area contributed by atoms with Crippen LogP contribution in [0.5, 0.6) is 0 Å². The largest absolute Gasteiger partial charge is 0.466 e. The highest BCUT2D eigenvalue weighted by Gasteiger charge is 2.45. The highest BCUT2D eigenvalue weighted by molar-refractivity contribution is 5.83. The van der Waals surface area contributed by atoms with Crippen molar-refractivity contribution in [1.29, 1.82) is 0 Å². The second-order valence-electron chi connectivity index (χ2n) is 9.38. The predicted octanol–water partition coefficient (Wildman–Crippen LogP) is 0.653. The normalized spacial score (nSPS) is 24.5. The molecule has 0 N–H and O–H groups in total. The first-order valence-corrected chi connectivity index (χ1v) is 12.3. The fourth-order valence-corrected chi connectivity index (χ4v) is 4.86. The zero-order chi connectivity index (χ0) is 23.8. The quantitative estimate of drug-likeness (QED) is 0.339. The van der Waals surface area contributed by atoms with Crippen molar-refractivity contribution >= 4 is 18.0 Å². The molecule has 33 heavy (non-hydrogen) atoms. The van der Waals surface area contributed by atoms with Gasteiger partial charge < -0.3 is 24.0 Å². The van der Waals surface area contributed by atoms with E-state index in [1.165, 1.54) is 0 Å². The minimum absolute atomic E-state index is 0.0476. The van der Waals surface area contributed by atoms with Gasteiger partial charge in [-0.15, -0.1) is 0 Å². The Bertz CT molecular complexity index is 674. The third-order valence-corrected chi connectivity index (χ3v) is 7.00. The molecule has 3 saturated heterocycles. The summed E-state index contributed by atoms with van der Waals surface area (Å²) < 4.78 is 16.0.